The fourth-order valence-corrected chi connectivity index (χ4v) is 7.67. The summed E-state index contributed by atoms with van der Waals surface area (Å²) in [6.07, 6.45) is 16.2. The maximum Gasteiger partial charge on any atom is 0.185 e. The second-order valence-electron chi connectivity index (χ2n) is 10.3. The summed E-state index contributed by atoms with van der Waals surface area (Å²) in [5.41, 5.74) is 2.10. The van der Waals surface area contributed by atoms with Crippen LogP contribution in [-0.4, -0.2) is 38.9 Å². The lowest BCUT2D eigenvalue weighted by molar-refractivity contribution is -0.0483. The van der Waals surface area contributed by atoms with Gasteiger partial charge in [-0.3, -0.25) is 9.69 Å². The number of aldehydes is 1. The Bertz CT molecular complexity index is 879. The quantitative estimate of drug-likeness (QED) is 0.660. The van der Waals surface area contributed by atoms with Gasteiger partial charge in [-0.05, 0) is 68.9 Å². The molecule has 4 heteroatoms. The van der Waals surface area contributed by atoms with Crippen LogP contribution in [0.5, 0.6) is 0 Å². The first-order valence-electron chi connectivity index (χ1n) is 12.0. The summed E-state index contributed by atoms with van der Waals surface area (Å²) in [4.78, 5) is 19.4. The van der Waals surface area contributed by atoms with Crippen molar-refractivity contribution in [3.05, 3.63) is 30.1 Å². The number of aromatic nitrogens is 2. The number of rotatable bonds is 3. The summed E-state index contributed by atoms with van der Waals surface area (Å²) in [6.45, 7) is 0. The van der Waals surface area contributed by atoms with Crippen molar-refractivity contribution in [1.29, 1.82) is 0 Å². The van der Waals surface area contributed by atoms with Gasteiger partial charge in [-0.25, -0.2) is 4.98 Å². The third-order valence-electron chi connectivity index (χ3n) is 8.62. The molecule has 4 bridgehead atoms. The van der Waals surface area contributed by atoms with Crippen molar-refractivity contribution in [2.75, 3.05) is 0 Å². The van der Waals surface area contributed by atoms with Crippen molar-refractivity contribution >= 4 is 17.3 Å². The fraction of sp³-hybridized carbons (Fsp3) is 0.680. The van der Waals surface area contributed by atoms with E-state index in [0.29, 0.717) is 23.9 Å². The van der Waals surface area contributed by atoms with Crippen LogP contribution < -0.4 is 0 Å². The van der Waals surface area contributed by atoms with Crippen LogP contribution in [-0.2, 0) is 0 Å². The summed E-state index contributed by atoms with van der Waals surface area (Å²) < 4.78 is 2.28. The molecule has 4 atom stereocenters. The van der Waals surface area contributed by atoms with E-state index in [-0.39, 0.29) is 0 Å². The molecule has 1 aromatic carbocycles. The van der Waals surface area contributed by atoms with Crippen molar-refractivity contribution in [2.45, 2.75) is 94.8 Å². The first-order chi connectivity index (χ1) is 14.3. The molecule has 2 saturated carbocycles. The first kappa shape index (κ1) is 18.1. The molecule has 29 heavy (non-hydrogen) atoms. The van der Waals surface area contributed by atoms with E-state index in [0.717, 1.165) is 35.2 Å². The predicted octanol–water partition coefficient (Wildman–Crippen LogP) is 5.38. The highest BCUT2D eigenvalue weighted by molar-refractivity contribution is 5.83. The Morgan fingerprint density at radius 2 is 1.48 bits per heavy atom. The van der Waals surface area contributed by atoms with Gasteiger partial charge >= 0.3 is 0 Å². The average Bonchev–Trinajstić information content (AvgIpc) is 3.11. The molecule has 0 amide bonds. The molecule has 4 unspecified atom stereocenters. The van der Waals surface area contributed by atoms with E-state index >= 15 is 0 Å². The first-order valence-corrected chi connectivity index (χ1v) is 12.0. The molecule has 4 aliphatic rings. The Balaban J connectivity index is 1.30. The van der Waals surface area contributed by atoms with Crippen molar-refractivity contribution in [3.63, 3.8) is 0 Å². The van der Waals surface area contributed by atoms with Gasteiger partial charge in [0.1, 0.15) is 0 Å². The largest absolute Gasteiger partial charge is 0.318 e. The molecule has 4 nitrogen and oxygen atoms in total. The minimum absolute atomic E-state index is 0.414. The molecule has 0 spiro atoms. The van der Waals surface area contributed by atoms with Crippen LogP contribution in [0.2, 0.25) is 0 Å². The van der Waals surface area contributed by atoms with Crippen LogP contribution in [0.1, 0.15) is 87.3 Å². The molecule has 2 aromatic rings. The van der Waals surface area contributed by atoms with E-state index in [2.05, 4.69) is 26.6 Å². The molecule has 2 aliphatic carbocycles. The topological polar surface area (TPSA) is 38.1 Å². The van der Waals surface area contributed by atoms with Gasteiger partial charge in [-0.2, -0.15) is 0 Å². The second-order valence-corrected chi connectivity index (χ2v) is 10.3. The van der Waals surface area contributed by atoms with Gasteiger partial charge in [-0.15, -0.1) is 0 Å². The number of para-hydroxylation sites is 2. The number of piperidine rings is 2. The molecule has 6 rings (SSSR count). The van der Waals surface area contributed by atoms with Gasteiger partial charge < -0.3 is 4.57 Å². The zero-order chi connectivity index (χ0) is 19.4. The monoisotopic (exact) mass is 391 g/mol. The van der Waals surface area contributed by atoms with Crippen LogP contribution >= 0.6 is 0 Å². The number of imidazole rings is 1. The van der Waals surface area contributed by atoms with E-state index in [4.69, 9.17) is 0 Å². The highest BCUT2D eigenvalue weighted by atomic mass is 16.1. The summed E-state index contributed by atoms with van der Waals surface area (Å²) in [5, 5.41) is 0. The van der Waals surface area contributed by atoms with Crippen LogP contribution in [0, 0.1) is 11.8 Å². The lowest BCUT2D eigenvalue weighted by Crippen LogP contribution is -2.58. The number of hydrogen-bond donors (Lipinski definition) is 0. The standard InChI is InChI=1S/C25H33N3O/c29-16-25-26-23-9-1-2-10-24(23)28(25)22-14-19-7-4-8-20(15-22)27(19)21-12-17-5-3-6-18(11-17)13-21/h1-2,9-10,16-22H,3-8,11-15H2. The Kier molecular flexibility index (Phi) is 4.52. The molecule has 3 heterocycles. The predicted molar refractivity (Wildman–Crippen MR) is 115 cm³/mol. The molecular formula is C25H33N3O. The van der Waals surface area contributed by atoms with E-state index in [9.17, 15) is 4.79 Å². The molecular weight excluding hydrogens is 358 g/mol. The second kappa shape index (κ2) is 7.23. The van der Waals surface area contributed by atoms with Gasteiger partial charge in [-0.1, -0.05) is 37.8 Å². The van der Waals surface area contributed by atoms with Gasteiger partial charge in [0.15, 0.2) is 12.1 Å². The van der Waals surface area contributed by atoms with E-state index in [1.54, 1.807) is 0 Å². The van der Waals surface area contributed by atoms with Crippen molar-refractivity contribution in [2.24, 2.45) is 11.8 Å². The molecule has 0 N–H and O–H groups in total. The van der Waals surface area contributed by atoms with Gasteiger partial charge in [0, 0.05) is 24.2 Å². The lowest BCUT2D eigenvalue weighted by Gasteiger charge is -2.55. The van der Waals surface area contributed by atoms with Crippen molar-refractivity contribution in [1.82, 2.24) is 14.5 Å². The summed E-state index contributed by atoms with van der Waals surface area (Å²) >= 11 is 0. The summed E-state index contributed by atoms with van der Waals surface area (Å²) in [7, 11) is 0. The van der Waals surface area contributed by atoms with E-state index < -0.39 is 0 Å². The van der Waals surface area contributed by atoms with E-state index in [1.807, 2.05) is 12.1 Å². The average molecular weight is 392 g/mol. The fourth-order valence-electron chi connectivity index (χ4n) is 7.67. The molecule has 2 saturated heterocycles. The molecule has 0 radical (unpaired) electrons. The normalized spacial score (nSPS) is 37.5. The third kappa shape index (κ3) is 3.06. The number of fused-ring (bicyclic) bond motifs is 5. The number of carbonyl (C=O) groups is 1. The van der Waals surface area contributed by atoms with Crippen molar-refractivity contribution < 1.29 is 4.79 Å². The van der Waals surface area contributed by atoms with E-state index in [1.165, 1.54) is 70.6 Å². The Hall–Kier alpha value is -1.68. The summed E-state index contributed by atoms with van der Waals surface area (Å²) in [6, 6.07) is 10.9. The highest BCUT2D eigenvalue weighted by Gasteiger charge is 2.45. The van der Waals surface area contributed by atoms with Crippen LogP contribution in [0.25, 0.3) is 11.0 Å². The SMILES string of the molecule is O=Cc1nc2ccccc2n1C1CC2CCCC(C1)N2C1CC2CCCC(C2)C1. The molecule has 1 aromatic heterocycles. The Morgan fingerprint density at radius 1 is 0.793 bits per heavy atom. The molecule has 154 valence electrons. The number of carbonyl (C=O) groups excluding carboxylic acids is 1. The van der Waals surface area contributed by atoms with Crippen LogP contribution in [0.3, 0.4) is 0 Å². The number of benzene rings is 1. The van der Waals surface area contributed by atoms with Gasteiger partial charge in [0.05, 0.1) is 11.0 Å². The van der Waals surface area contributed by atoms with Gasteiger partial charge in [0.2, 0.25) is 0 Å². The third-order valence-corrected chi connectivity index (χ3v) is 8.62. The van der Waals surface area contributed by atoms with Crippen LogP contribution in [0.15, 0.2) is 24.3 Å². The maximum atomic E-state index is 11.8. The number of nitrogens with zero attached hydrogens (tertiary/aromatic N) is 3. The molecule has 2 aliphatic heterocycles. The molecule has 4 fully saturated rings. The maximum absolute atomic E-state index is 11.8. The minimum atomic E-state index is 0.414. The highest BCUT2D eigenvalue weighted by Crippen LogP contribution is 2.47. The Morgan fingerprint density at radius 3 is 2.21 bits per heavy atom. The summed E-state index contributed by atoms with van der Waals surface area (Å²) in [5.74, 6) is 2.60. The van der Waals surface area contributed by atoms with Gasteiger partial charge in [0.25, 0.3) is 0 Å². The zero-order valence-electron chi connectivity index (χ0n) is 17.4. The number of hydrogen-bond acceptors (Lipinski definition) is 3. The van der Waals surface area contributed by atoms with Crippen molar-refractivity contribution in [3.8, 4) is 0 Å². The minimum Gasteiger partial charge on any atom is -0.318 e. The smallest absolute Gasteiger partial charge is 0.185 e. The van der Waals surface area contributed by atoms with Crippen LogP contribution in [0.4, 0.5) is 0 Å². The lowest BCUT2D eigenvalue weighted by atomic mass is 9.68. The zero-order valence-corrected chi connectivity index (χ0v) is 17.4. The Labute approximate surface area is 173 Å².